The fraction of sp³-hybridized carbons (Fsp3) is 0.467. The van der Waals surface area contributed by atoms with Crippen molar-refractivity contribution in [3.63, 3.8) is 0 Å². The number of aromatic nitrogens is 2. The Balaban J connectivity index is 1.76. The summed E-state index contributed by atoms with van der Waals surface area (Å²) in [4.78, 5) is 5.80. The van der Waals surface area contributed by atoms with E-state index < -0.39 is 0 Å². The Morgan fingerprint density at radius 1 is 1.30 bits per heavy atom. The Morgan fingerprint density at radius 2 is 2.10 bits per heavy atom. The molecule has 4 nitrogen and oxygen atoms in total. The number of nitrogens with zero attached hydrogens (tertiary/aromatic N) is 2. The van der Waals surface area contributed by atoms with Crippen LogP contribution >= 0.6 is 11.8 Å². The van der Waals surface area contributed by atoms with Crippen molar-refractivity contribution in [3.05, 3.63) is 30.2 Å². The topological polar surface area (TPSA) is 64.9 Å². The SMILES string of the molecule is CCSc1ccc(-c2noc(C3CCC(N)C3)n2)cc1. The quantitative estimate of drug-likeness (QED) is 0.873. The molecule has 0 spiro atoms. The molecular weight excluding hydrogens is 270 g/mol. The molecular formula is C15H19N3OS. The van der Waals surface area contributed by atoms with Crippen molar-refractivity contribution in [2.45, 2.75) is 43.0 Å². The molecule has 3 rings (SSSR count). The van der Waals surface area contributed by atoms with Crippen LogP contribution in [0.1, 0.15) is 38.0 Å². The van der Waals surface area contributed by atoms with Crippen LogP contribution in [-0.4, -0.2) is 21.9 Å². The van der Waals surface area contributed by atoms with Crippen molar-refractivity contribution in [1.82, 2.24) is 10.1 Å². The Hall–Kier alpha value is -1.33. The van der Waals surface area contributed by atoms with Crippen molar-refractivity contribution < 1.29 is 4.52 Å². The molecule has 0 radical (unpaired) electrons. The zero-order valence-corrected chi connectivity index (χ0v) is 12.4. The van der Waals surface area contributed by atoms with E-state index in [0.717, 1.165) is 36.5 Å². The smallest absolute Gasteiger partial charge is 0.230 e. The van der Waals surface area contributed by atoms with Crippen molar-refractivity contribution in [1.29, 1.82) is 0 Å². The maximum absolute atomic E-state index is 5.93. The lowest BCUT2D eigenvalue weighted by molar-refractivity contribution is 0.353. The molecule has 0 saturated heterocycles. The van der Waals surface area contributed by atoms with Crippen molar-refractivity contribution in [3.8, 4) is 11.4 Å². The Labute approximate surface area is 123 Å². The van der Waals surface area contributed by atoms with Crippen LogP contribution in [0, 0.1) is 0 Å². The van der Waals surface area contributed by atoms with E-state index in [1.54, 1.807) is 0 Å². The molecule has 2 atom stereocenters. The number of nitrogens with two attached hydrogens (primary N) is 1. The predicted molar refractivity (Wildman–Crippen MR) is 80.7 cm³/mol. The Bertz CT molecular complexity index is 567. The van der Waals surface area contributed by atoms with Crippen LogP contribution in [0.4, 0.5) is 0 Å². The molecule has 20 heavy (non-hydrogen) atoms. The number of benzene rings is 1. The normalized spacial score (nSPS) is 22.3. The second-order valence-corrected chi connectivity index (χ2v) is 6.52. The highest BCUT2D eigenvalue weighted by Gasteiger charge is 2.27. The minimum Gasteiger partial charge on any atom is -0.339 e. The van der Waals surface area contributed by atoms with E-state index in [0.29, 0.717) is 11.7 Å². The summed E-state index contributed by atoms with van der Waals surface area (Å²) >= 11 is 1.83. The highest BCUT2D eigenvalue weighted by atomic mass is 32.2. The third kappa shape index (κ3) is 2.88. The third-order valence-corrected chi connectivity index (χ3v) is 4.58. The number of hydrogen-bond acceptors (Lipinski definition) is 5. The van der Waals surface area contributed by atoms with Gasteiger partial charge in [0.25, 0.3) is 0 Å². The van der Waals surface area contributed by atoms with Gasteiger partial charge >= 0.3 is 0 Å². The second kappa shape index (κ2) is 5.97. The number of rotatable bonds is 4. The number of thioether (sulfide) groups is 1. The molecule has 1 aromatic carbocycles. The molecule has 1 aliphatic carbocycles. The van der Waals surface area contributed by atoms with Gasteiger partial charge in [0.1, 0.15) is 0 Å². The molecule has 2 unspecified atom stereocenters. The van der Waals surface area contributed by atoms with Crippen LogP contribution in [-0.2, 0) is 0 Å². The second-order valence-electron chi connectivity index (χ2n) is 5.18. The van der Waals surface area contributed by atoms with Gasteiger partial charge in [0.05, 0.1) is 0 Å². The first-order chi connectivity index (χ1) is 9.76. The van der Waals surface area contributed by atoms with Crippen LogP contribution in [0.15, 0.2) is 33.7 Å². The van der Waals surface area contributed by atoms with Crippen LogP contribution in [0.25, 0.3) is 11.4 Å². The molecule has 0 aliphatic heterocycles. The molecule has 0 bridgehead atoms. The lowest BCUT2D eigenvalue weighted by Gasteiger charge is -2.01. The molecule has 1 saturated carbocycles. The lowest BCUT2D eigenvalue weighted by atomic mass is 10.1. The van der Waals surface area contributed by atoms with E-state index in [1.165, 1.54) is 4.90 Å². The molecule has 1 aliphatic rings. The van der Waals surface area contributed by atoms with Gasteiger partial charge in [-0.3, -0.25) is 0 Å². The predicted octanol–water partition coefficient (Wildman–Crippen LogP) is 3.44. The van der Waals surface area contributed by atoms with Gasteiger partial charge in [0.2, 0.25) is 11.7 Å². The van der Waals surface area contributed by atoms with Crippen LogP contribution < -0.4 is 5.73 Å². The van der Waals surface area contributed by atoms with Crippen LogP contribution in [0.5, 0.6) is 0 Å². The molecule has 2 aromatic rings. The van der Waals surface area contributed by atoms with Gasteiger partial charge in [-0.15, -0.1) is 11.8 Å². The standard InChI is InChI=1S/C15H19N3OS/c1-2-20-13-7-4-10(5-8-13)14-17-15(19-18-14)11-3-6-12(16)9-11/h4-5,7-8,11-12H,2-3,6,9,16H2,1H3. The minimum atomic E-state index is 0.278. The molecule has 5 heteroatoms. The van der Waals surface area contributed by atoms with Gasteiger partial charge in [-0.25, -0.2) is 0 Å². The summed E-state index contributed by atoms with van der Waals surface area (Å²) in [6.45, 7) is 2.15. The maximum Gasteiger partial charge on any atom is 0.230 e. The zero-order valence-electron chi connectivity index (χ0n) is 11.6. The van der Waals surface area contributed by atoms with Gasteiger partial charge in [0.15, 0.2) is 0 Å². The van der Waals surface area contributed by atoms with Crippen molar-refractivity contribution >= 4 is 11.8 Å². The Kier molecular flexibility index (Phi) is 4.08. The third-order valence-electron chi connectivity index (χ3n) is 3.69. The summed E-state index contributed by atoms with van der Waals surface area (Å²) in [6.07, 6.45) is 3.05. The van der Waals surface area contributed by atoms with E-state index in [9.17, 15) is 0 Å². The molecule has 1 fully saturated rings. The Morgan fingerprint density at radius 3 is 2.75 bits per heavy atom. The summed E-state index contributed by atoms with van der Waals surface area (Å²) in [5.74, 6) is 2.82. The zero-order chi connectivity index (χ0) is 13.9. The van der Waals surface area contributed by atoms with Crippen LogP contribution in [0.3, 0.4) is 0 Å². The monoisotopic (exact) mass is 289 g/mol. The fourth-order valence-corrected chi connectivity index (χ4v) is 3.29. The first-order valence-electron chi connectivity index (χ1n) is 7.08. The average Bonchev–Trinajstić information content (AvgIpc) is 3.09. The van der Waals surface area contributed by atoms with Gasteiger partial charge in [-0.05, 0) is 49.3 Å². The summed E-state index contributed by atoms with van der Waals surface area (Å²) in [5.41, 5.74) is 6.94. The highest BCUT2D eigenvalue weighted by molar-refractivity contribution is 7.99. The molecule has 2 N–H and O–H groups in total. The molecule has 106 valence electrons. The van der Waals surface area contributed by atoms with E-state index in [1.807, 2.05) is 23.9 Å². The largest absolute Gasteiger partial charge is 0.339 e. The van der Waals surface area contributed by atoms with E-state index in [2.05, 4.69) is 29.2 Å². The molecule has 0 amide bonds. The minimum absolute atomic E-state index is 0.278. The summed E-state index contributed by atoms with van der Waals surface area (Å²) in [6, 6.07) is 8.58. The van der Waals surface area contributed by atoms with Gasteiger partial charge in [-0.1, -0.05) is 12.1 Å². The fourth-order valence-electron chi connectivity index (χ4n) is 2.63. The average molecular weight is 289 g/mol. The van der Waals surface area contributed by atoms with Gasteiger partial charge in [0, 0.05) is 22.4 Å². The summed E-state index contributed by atoms with van der Waals surface area (Å²) < 4.78 is 5.41. The van der Waals surface area contributed by atoms with E-state index in [-0.39, 0.29) is 6.04 Å². The van der Waals surface area contributed by atoms with Crippen LogP contribution in [0.2, 0.25) is 0 Å². The molecule has 1 aromatic heterocycles. The first kappa shape index (κ1) is 13.6. The first-order valence-corrected chi connectivity index (χ1v) is 8.07. The van der Waals surface area contributed by atoms with Gasteiger partial charge < -0.3 is 10.3 Å². The van der Waals surface area contributed by atoms with Gasteiger partial charge in [-0.2, -0.15) is 4.98 Å². The summed E-state index contributed by atoms with van der Waals surface area (Å²) in [5, 5.41) is 4.10. The van der Waals surface area contributed by atoms with E-state index >= 15 is 0 Å². The lowest BCUT2D eigenvalue weighted by Crippen LogP contribution is -2.14. The number of hydrogen-bond donors (Lipinski definition) is 1. The summed E-state index contributed by atoms with van der Waals surface area (Å²) in [7, 11) is 0. The van der Waals surface area contributed by atoms with E-state index in [4.69, 9.17) is 10.3 Å². The van der Waals surface area contributed by atoms with Crippen molar-refractivity contribution in [2.75, 3.05) is 5.75 Å². The maximum atomic E-state index is 5.93. The van der Waals surface area contributed by atoms with Crippen molar-refractivity contribution in [2.24, 2.45) is 5.73 Å². The highest BCUT2D eigenvalue weighted by Crippen LogP contribution is 2.33. The molecule has 1 heterocycles.